The minimum atomic E-state index is -4.83. The van der Waals surface area contributed by atoms with Gasteiger partial charge in [-0.3, -0.25) is 4.79 Å². The van der Waals surface area contributed by atoms with Gasteiger partial charge < -0.3 is 23.8 Å². The molecular weight excluding hydrogens is 547 g/mol. The summed E-state index contributed by atoms with van der Waals surface area (Å²) in [6.45, 7) is 0.734. The molecule has 210 valence electrons. The highest BCUT2D eigenvalue weighted by Gasteiger charge is 2.36. The van der Waals surface area contributed by atoms with Crippen molar-refractivity contribution in [2.75, 3.05) is 40.7 Å². The number of halogens is 3. The van der Waals surface area contributed by atoms with Crippen LogP contribution in [0.15, 0.2) is 41.4 Å². The van der Waals surface area contributed by atoms with Crippen LogP contribution in [-0.4, -0.2) is 56.5 Å². The van der Waals surface area contributed by atoms with E-state index in [-0.39, 0.29) is 33.7 Å². The van der Waals surface area contributed by atoms with Crippen molar-refractivity contribution in [2.45, 2.75) is 24.2 Å². The molecule has 3 aromatic rings. The van der Waals surface area contributed by atoms with Crippen LogP contribution in [0.2, 0.25) is 0 Å². The Kier molecular flexibility index (Phi) is 8.64. The Bertz CT molecular complexity index is 1470. The summed E-state index contributed by atoms with van der Waals surface area (Å²) in [5, 5.41) is 9.46. The summed E-state index contributed by atoms with van der Waals surface area (Å²) in [7, 11) is 5.89. The van der Waals surface area contributed by atoms with Crippen LogP contribution in [-0.2, 0) is 23.9 Å². The number of fused-ring (bicyclic) bond motifs is 1. The molecule has 0 saturated carbocycles. The van der Waals surface area contributed by atoms with Crippen molar-refractivity contribution in [3.05, 3.63) is 58.7 Å². The molecule has 0 N–H and O–H groups in total. The summed E-state index contributed by atoms with van der Waals surface area (Å²) in [5.41, 5.74) is 0.318. The topological polar surface area (TPSA) is 93.9 Å². The van der Waals surface area contributed by atoms with Crippen molar-refractivity contribution in [2.24, 2.45) is 0 Å². The molecule has 40 heavy (non-hydrogen) atoms. The number of hydrogen-bond donors (Lipinski definition) is 0. The highest BCUT2D eigenvalue weighted by molar-refractivity contribution is 8.00. The molecule has 0 fully saturated rings. The molecule has 4 rings (SSSR count). The Labute approximate surface area is 233 Å². The van der Waals surface area contributed by atoms with E-state index in [0.29, 0.717) is 36.8 Å². The molecule has 0 atom stereocenters. The lowest BCUT2D eigenvalue weighted by Gasteiger charge is -2.29. The molecule has 0 aliphatic carbocycles. The number of ether oxygens (including phenoxy) is 4. The number of methoxy groups -OCH3 is 4. The SMILES string of the molecule is COc1ccc(OC)c(-c2cc(C(F)(F)F)c(C#N)c(SCC(=O)N3CCc4cc(OC)c(OC)cc4C3)n2)c1. The molecule has 1 aliphatic heterocycles. The molecule has 0 saturated heterocycles. The number of carbonyl (C=O) groups excluding carboxylic acids is 1. The molecule has 0 radical (unpaired) electrons. The Morgan fingerprint density at radius 3 is 2.27 bits per heavy atom. The van der Waals surface area contributed by atoms with Gasteiger partial charge in [-0.25, -0.2) is 4.98 Å². The summed E-state index contributed by atoms with van der Waals surface area (Å²) in [6.07, 6.45) is -4.25. The minimum absolute atomic E-state index is 0.0648. The van der Waals surface area contributed by atoms with Gasteiger partial charge in [-0.2, -0.15) is 18.4 Å². The van der Waals surface area contributed by atoms with E-state index in [1.54, 1.807) is 30.2 Å². The summed E-state index contributed by atoms with van der Waals surface area (Å²) >= 11 is 0.789. The van der Waals surface area contributed by atoms with Crippen LogP contribution >= 0.6 is 11.8 Å². The summed E-state index contributed by atoms with van der Waals surface area (Å²) in [6, 6.07) is 10.8. The maximum absolute atomic E-state index is 14.0. The highest BCUT2D eigenvalue weighted by Crippen LogP contribution is 2.41. The van der Waals surface area contributed by atoms with E-state index < -0.39 is 17.3 Å². The number of nitrogens with zero attached hydrogens (tertiary/aromatic N) is 3. The number of thioether (sulfide) groups is 1. The van der Waals surface area contributed by atoms with Crippen molar-refractivity contribution in [3.8, 4) is 40.3 Å². The second-order valence-electron chi connectivity index (χ2n) is 8.74. The number of pyridine rings is 1. The molecular formula is C28H26F3N3O5S. The maximum Gasteiger partial charge on any atom is 0.417 e. The van der Waals surface area contributed by atoms with Crippen LogP contribution in [0, 0.1) is 11.3 Å². The smallest absolute Gasteiger partial charge is 0.417 e. The van der Waals surface area contributed by atoms with Gasteiger partial charge in [0.2, 0.25) is 5.91 Å². The first kappa shape index (κ1) is 28.9. The second-order valence-corrected chi connectivity index (χ2v) is 9.70. The zero-order valence-corrected chi connectivity index (χ0v) is 23.0. The summed E-state index contributed by atoms with van der Waals surface area (Å²) < 4.78 is 63.4. The Morgan fingerprint density at radius 1 is 1.00 bits per heavy atom. The van der Waals surface area contributed by atoms with E-state index in [1.807, 2.05) is 12.1 Å². The van der Waals surface area contributed by atoms with Crippen molar-refractivity contribution >= 4 is 17.7 Å². The lowest BCUT2D eigenvalue weighted by atomic mass is 9.99. The van der Waals surface area contributed by atoms with E-state index in [1.165, 1.54) is 27.4 Å². The van der Waals surface area contributed by atoms with Gasteiger partial charge in [0.05, 0.1) is 51.0 Å². The van der Waals surface area contributed by atoms with Crippen LogP contribution in [0.3, 0.4) is 0 Å². The Hall–Kier alpha value is -4.11. The fourth-order valence-corrected chi connectivity index (χ4v) is 5.33. The van der Waals surface area contributed by atoms with E-state index in [9.17, 15) is 23.2 Å². The van der Waals surface area contributed by atoms with Gasteiger partial charge in [0, 0.05) is 18.7 Å². The number of nitriles is 1. The van der Waals surface area contributed by atoms with Gasteiger partial charge in [-0.15, -0.1) is 0 Å². The minimum Gasteiger partial charge on any atom is -0.497 e. The normalized spacial score (nSPS) is 12.8. The average molecular weight is 574 g/mol. The first-order chi connectivity index (χ1) is 19.1. The van der Waals surface area contributed by atoms with Gasteiger partial charge in [0.25, 0.3) is 0 Å². The number of hydrogen-bond acceptors (Lipinski definition) is 8. The third-order valence-electron chi connectivity index (χ3n) is 6.49. The predicted molar refractivity (Wildman–Crippen MR) is 142 cm³/mol. The Morgan fingerprint density at radius 2 is 1.68 bits per heavy atom. The molecule has 0 spiro atoms. The van der Waals surface area contributed by atoms with Crippen LogP contribution in [0.4, 0.5) is 13.2 Å². The standard InChI is InChI=1S/C28H26F3N3O5S/c1-36-18-5-6-23(37-2)19(11-18)22-12-21(28(29,30)31)20(13-32)27(33-22)40-15-26(35)34-8-7-16-9-24(38-3)25(39-4)10-17(16)14-34/h5-6,9-12H,7-8,14-15H2,1-4H3. The van der Waals surface area contributed by atoms with Gasteiger partial charge in [-0.1, -0.05) is 11.8 Å². The number of aromatic nitrogens is 1. The van der Waals surface area contributed by atoms with Crippen LogP contribution in [0.1, 0.15) is 22.3 Å². The fourth-order valence-electron chi connectivity index (χ4n) is 4.43. The predicted octanol–water partition coefficient (Wildman–Crippen LogP) is 5.35. The number of rotatable bonds is 8. The maximum atomic E-state index is 14.0. The zero-order valence-electron chi connectivity index (χ0n) is 22.2. The average Bonchev–Trinajstić information content (AvgIpc) is 2.97. The quantitative estimate of drug-likeness (QED) is 0.333. The van der Waals surface area contributed by atoms with Crippen molar-refractivity contribution < 1.29 is 36.9 Å². The highest BCUT2D eigenvalue weighted by atomic mass is 32.2. The van der Waals surface area contributed by atoms with Gasteiger partial charge >= 0.3 is 6.18 Å². The molecule has 2 heterocycles. The summed E-state index contributed by atoms with van der Waals surface area (Å²) in [4.78, 5) is 19.1. The third kappa shape index (κ3) is 5.89. The van der Waals surface area contributed by atoms with Gasteiger partial charge in [0.15, 0.2) is 11.5 Å². The second kappa shape index (κ2) is 12.0. The largest absolute Gasteiger partial charge is 0.497 e. The van der Waals surface area contributed by atoms with Crippen LogP contribution in [0.25, 0.3) is 11.3 Å². The van der Waals surface area contributed by atoms with E-state index in [4.69, 9.17) is 18.9 Å². The first-order valence-corrected chi connectivity index (χ1v) is 13.0. The molecule has 1 aromatic heterocycles. The molecule has 2 aromatic carbocycles. The lowest BCUT2D eigenvalue weighted by molar-refractivity contribution is -0.138. The van der Waals surface area contributed by atoms with Crippen molar-refractivity contribution in [1.29, 1.82) is 5.26 Å². The zero-order chi connectivity index (χ0) is 29.0. The van der Waals surface area contributed by atoms with E-state index in [0.717, 1.165) is 29.0 Å². The van der Waals surface area contributed by atoms with Crippen LogP contribution in [0.5, 0.6) is 23.0 Å². The molecule has 12 heteroatoms. The van der Waals surface area contributed by atoms with Crippen LogP contribution < -0.4 is 18.9 Å². The Balaban J connectivity index is 1.64. The number of carbonyl (C=O) groups is 1. The van der Waals surface area contributed by atoms with Crippen molar-refractivity contribution in [3.63, 3.8) is 0 Å². The fraction of sp³-hybridized carbons (Fsp3) is 0.321. The van der Waals surface area contributed by atoms with Crippen molar-refractivity contribution in [1.82, 2.24) is 9.88 Å². The third-order valence-corrected chi connectivity index (χ3v) is 7.45. The van der Waals surface area contributed by atoms with E-state index in [2.05, 4.69) is 4.98 Å². The lowest BCUT2D eigenvalue weighted by Crippen LogP contribution is -2.37. The van der Waals surface area contributed by atoms with Gasteiger partial charge in [0.1, 0.15) is 22.6 Å². The monoisotopic (exact) mass is 573 g/mol. The molecule has 0 unspecified atom stereocenters. The number of benzene rings is 2. The summed E-state index contributed by atoms with van der Waals surface area (Å²) in [5.74, 6) is 1.29. The number of alkyl halides is 3. The first-order valence-electron chi connectivity index (χ1n) is 12.0. The molecule has 1 amide bonds. The molecule has 8 nitrogen and oxygen atoms in total. The molecule has 1 aliphatic rings. The van der Waals surface area contributed by atoms with E-state index >= 15 is 0 Å². The molecule has 0 bridgehead atoms. The number of amides is 1. The van der Waals surface area contributed by atoms with Gasteiger partial charge in [-0.05, 0) is 53.9 Å².